The van der Waals surface area contributed by atoms with Gasteiger partial charge in [-0.2, -0.15) is 0 Å². The maximum atomic E-state index is 10.0. The first-order valence-corrected chi connectivity index (χ1v) is 5.19. The summed E-state index contributed by atoms with van der Waals surface area (Å²) >= 11 is 0. The largest absolute Gasteiger partial charge is 0.313 e. The maximum Gasteiger partial charge on any atom is 0.294 e. The average molecular weight is 226 g/mol. The van der Waals surface area contributed by atoms with Gasteiger partial charge < -0.3 is 4.84 Å². The molecule has 0 saturated carbocycles. The highest BCUT2D eigenvalue weighted by atomic mass is 16.9. The third-order valence-electron chi connectivity index (χ3n) is 1.86. The summed E-state index contributed by atoms with van der Waals surface area (Å²) in [6.45, 7) is 7.72. The molecule has 1 heterocycles. The van der Waals surface area contributed by atoms with Crippen LogP contribution in [0.3, 0.4) is 0 Å². The summed E-state index contributed by atoms with van der Waals surface area (Å²) in [4.78, 5) is 18.4. The van der Waals surface area contributed by atoms with Crippen LogP contribution in [0.1, 0.15) is 27.7 Å². The van der Waals surface area contributed by atoms with Crippen LogP contribution < -0.4 is 0 Å². The minimum atomic E-state index is -0.794. The van der Waals surface area contributed by atoms with Gasteiger partial charge in [0.15, 0.2) is 0 Å². The van der Waals surface area contributed by atoms with Gasteiger partial charge in [-0.1, -0.05) is 26.0 Å². The minimum absolute atomic E-state index is 0.0128. The van der Waals surface area contributed by atoms with Crippen molar-refractivity contribution in [2.75, 3.05) is 6.61 Å². The van der Waals surface area contributed by atoms with Gasteiger partial charge in [-0.3, -0.25) is 4.99 Å². The van der Waals surface area contributed by atoms with E-state index in [9.17, 15) is 10.1 Å². The second-order valence-electron chi connectivity index (χ2n) is 3.49. The topological polar surface area (TPSA) is 64.7 Å². The van der Waals surface area contributed by atoms with Crippen molar-refractivity contribution < 1.29 is 9.92 Å². The van der Waals surface area contributed by atoms with Crippen LogP contribution in [0.5, 0.6) is 0 Å². The molecule has 0 aromatic carbocycles. The summed E-state index contributed by atoms with van der Waals surface area (Å²) in [6, 6.07) is 0. The molecule has 0 aliphatic carbocycles. The minimum Gasteiger partial charge on any atom is -0.313 e. The Morgan fingerprint density at radius 2 is 2.19 bits per heavy atom. The molecule has 0 fully saturated rings. The Bertz CT molecular complexity index is 321. The quantitative estimate of drug-likeness (QED) is 0.549. The highest BCUT2D eigenvalue weighted by Gasteiger charge is 2.21. The van der Waals surface area contributed by atoms with Crippen LogP contribution in [0.15, 0.2) is 28.9 Å². The highest BCUT2D eigenvalue weighted by molar-refractivity contribution is 5.70. The van der Waals surface area contributed by atoms with Crippen LogP contribution in [0.25, 0.3) is 0 Å². The molecule has 0 aromatic heterocycles. The molecule has 0 bridgehead atoms. The van der Waals surface area contributed by atoms with Gasteiger partial charge in [0.2, 0.25) is 0 Å². The second-order valence-corrected chi connectivity index (χ2v) is 3.49. The number of allylic oxidation sites excluding steroid dienone is 2. The van der Waals surface area contributed by atoms with E-state index in [1.54, 1.807) is 12.4 Å². The standard InChI is InChI=1S/C9H12N2O3.C2H6/c1-8-3-4-9(2,6-10-5-8)7-14-11(12)13;1-2/h3-6H,7H2,1-2H3;1-2H3. The number of hydrogen-bond acceptors (Lipinski definition) is 4. The Hall–Kier alpha value is -1.65. The Kier molecular flexibility index (Phi) is 6.07. The van der Waals surface area contributed by atoms with Crippen LogP contribution in [-0.4, -0.2) is 17.9 Å². The molecule has 5 nitrogen and oxygen atoms in total. The molecule has 1 aliphatic rings. The predicted molar refractivity (Wildman–Crippen MR) is 63.8 cm³/mol. The lowest BCUT2D eigenvalue weighted by Crippen LogP contribution is -2.24. The zero-order valence-corrected chi connectivity index (χ0v) is 10.1. The lowest BCUT2D eigenvalue weighted by Gasteiger charge is -2.17. The van der Waals surface area contributed by atoms with Gasteiger partial charge in [0.1, 0.15) is 6.61 Å². The normalized spacial score (nSPS) is 22.6. The van der Waals surface area contributed by atoms with Crippen molar-refractivity contribution in [2.24, 2.45) is 10.4 Å². The molecule has 5 heteroatoms. The molecule has 0 spiro atoms. The molecular weight excluding hydrogens is 208 g/mol. The molecule has 0 N–H and O–H groups in total. The lowest BCUT2D eigenvalue weighted by atomic mass is 9.93. The molecule has 1 rings (SSSR count). The summed E-state index contributed by atoms with van der Waals surface area (Å²) in [6.07, 6.45) is 7.06. The molecule has 1 atom stereocenters. The summed E-state index contributed by atoms with van der Waals surface area (Å²) in [5.74, 6) is 0. The number of hydrogen-bond donors (Lipinski definition) is 0. The van der Waals surface area contributed by atoms with Crippen LogP contribution in [-0.2, 0) is 4.84 Å². The van der Waals surface area contributed by atoms with Crippen molar-refractivity contribution in [3.63, 3.8) is 0 Å². The number of rotatable bonds is 3. The van der Waals surface area contributed by atoms with E-state index in [2.05, 4.69) is 9.83 Å². The van der Waals surface area contributed by atoms with Crippen molar-refractivity contribution in [3.8, 4) is 0 Å². The summed E-state index contributed by atoms with van der Waals surface area (Å²) in [5.41, 5.74) is 0.493. The van der Waals surface area contributed by atoms with Crippen molar-refractivity contribution >= 4 is 6.21 Å². The molecule has 0 radical (unpaired) electrons. The molecular formula is C11H18N2O3. The number of aliphatic imine (C=N–C) groups is 1. The molecule has 16 heavy (non-hydrogen) atoms. The van der Waals surface area contributed by atoms with Crippen LogP contribution in [0, 0.1) is 15.5 Å². The van der Waals surface area contributed by atoms with Gasteiger partial charge in [0.25, 0.3) is 5.09 Å². The van der Waals surface area contributed by atoms with E-state index >= 15 is 0 Å². The van der Waals surface area contributed by atoms with E-state index in [-0.39, 0.29) is 6.61 Å². The molecule has 0 amide bonds. The Morgan fingerprint density at radius 3 is 2.75 bits per heavy atom. The first-order valence-electron chi connectivity index (χ1n) is 5.19. The van der Waals surface area contributed by atoms with Gasteiger partial charge in [0.05, 0.1) is 0 Å². The van der Waals surface area contributed by atoms with E-state index in [0.29, 0.717) is 0 Å². The van der Waals surface area contributed by atoms with Gasteiger partial charge >= 0.3 is 0 Å². The first-order chi connectivity index (χ1) is 7.52. The molecule has 1 unspecified atom stereocenters. The van der Waals surface area contributed by atoms with Crippen molar-refractivity contribution in [2.45, 2.75) is 27.7 Å². The molecule has 0 aromatic rings. The maximum absolute atomic E-state index is 10.0. The zero-order chi connectivity index (χ0) is 12.6. The van der Waals surface area contributed by atoms with E-state index in [1.165, 1.54) is 0 Å². The first kappa shape index (κ1) is 14.3. The monoisotopic (exact) mass is 226 g/mol. The van der Waals surface area contributed by atoms with E-state index < -0.39 is 10.5 Å². The van der Waals surface area contributed by atoms with Crippen molar-refractivity contribution in [3.05, 3.63) is 34.0 Å². The van der Waals surface area contributed by atoms with E-state index in [4.69, 9.17) is 0 Å². The Morgan fingerprint density at radius 1 is 1.56 bits per heavy atom. The van der Waals surface area contributed by atoms with Gasteiger partial charge in [-0.05, 0) is 19.4 Å². The second kappa shape index (κ2) is 6.76. The summed E-state index contributed by atoms with van der Waals surface area (Å²) in [5, 5.41) is 9.24. The van der Waals surface area contributed by atoms with Gasteiger partial charge in [0, 0.05) is 17.8 Å². The van der Waals surface area contributed by atoms with E-state index in [1.807, 2.05) is 39.8 Å². The Labute approximate surface area is 95.6 Å². The van der Waals surface area contributed by atoms with Crippen LogP contribution in [0.4, 0.5) is 0 Å². The predicted octanol–water partition coefficient (Wildman–Crippen LogP) is 2.77. The van der Waals surface area contributed by atoms with E-state index in [0.717, 1.165) is 5.57 Å². The third-order valence-corrected chi connectivity index (χ3v) is 1.86. The third kappa shape index (κ3) is 5.29. The SMILES string of the molecule is CC.CC1=CN=CC(C)(CO[N+](=O)[O-])C=C1. The number of nitrogens with zero attached hydrogens (tertiary/aromatic N) is 2. The highest BCUT2D eigenvalue weighted by Crippen LogP contribution is 2.19. The fourth-order valence-corrected chi connectivity index (χ4v) is 1.01. The average Bonchev–Trinajstić information content (AvgIpc) is 2.42. The fraction of sp³-hybridized carbons (Fsp3) is 0.545. The van der Waals surface area contributed by atoms with Crippen molar-refractivity contribution in [1.29, 1.82) is 0 Å². The summed E-state index contributed by atoms with van der Waals surface area (Å²) in [7, 11) is 0. The smallest absolute Gasteiger partial charge is 0.294 e. The van der Waals surface area contributed by atoms with Crippen LogP contribution in [0.2, 0.25) is 0 Å². The van der Waals surface area contributed by atoms with Crippen molar-refractivity contribution in [1.82, 2.24) is 0 Å². The molecule has 0 saturated heterocycles. The fourth-order valence-electron chi connectivity index (χ4n) is 1.01. The molecule has 90 valence electrons. The van der Waals surface area contributed by atoms with Gasteiger partial charge in [-0.25, -0.2) is 0 Å². The van der Waals surface area contributed by atoms with Crippen LogP contribution >= 0.6 is 0 Å². The van der Waals surface area contributed by atoms with Gasteiger partial charge in [-0.15, -0.1) is 10.1 Å². The lowest BCUT2D eigenvalue weighted by molar-refractivity contribution is -0.759. The Balaban J connectivity index is 0.00000106. The zero-order valence-electron chi connectivity index (χ0n) is 10.1. The molecule has 1 aliphatic heterocycles. The summed E-state index contributed by atoms with van der Waals surface area (Å²) < 4.78 is 0.